The van der Waals surface area contributed by atoms with E-state index in [2.05, 4.69) is 15.0 Å². The lowest BCUT2D eigenvalue weighted by molar-refractivity contribution is -0.141. The summed E-state index contributed by atoms with van der Waals surface area (Å²) in [7, 11) is 0. The van der Waals surface area contributed by atoms with Gasteiger partial charge in [0.2, 0.25) is 5.91 Å². The topological polar surface area (TPSA) is 68.3 Å². The number of hydrogen-bond acceptors (Lipinski definition) is 5. The van der Waals surface area contributed by atoms with Gasteiger partial charge in [-0.25, -0.2) is 9.78 Å². The Labute approximate surface area is 158 Å². The normalized spacial score (nSPS) is 11.3. The number of thiazole rings is 1. The van der Waals surface area contributed by atoms with Crippen molar-refractivity contribution in [2.24, 2.45) is 0 Å². The molecule has 9 heteroatoms. The molecule has 1 aromatic carbocycles. The molecule has 5 nitrogen and oxygen atoms in total. The number of nitrogens with one attached hydrogen (secondary N) is 1. The maximum absolute atomic E-state index is 13.0. The highest BCUT2D eigenvalue weighted by Crippen LogP contribution is 2.36. The molecule has 0 saturated carbocycles. The van der Waals surface area contributed by atoms with Crippen LogP contribution in [-0.2, 0) is 22.1 Å². The highest BCUT2D eigenvalue weighted by atomic mass is 32.1. The number of hydrogen-bond donors (Lipinski definition) is 1. The quantitative estimate of drug-likeness (QED) is 0.690. The molecule has 0 unspecified atom stereocenters. The molecule has 0 bridgehead atoms. The van der Waals surface area contributed by atoms with E-state index < -0.39 is 28.6 Å². The van der Waals surface area contributed by atoms with Crippen molar-refractivity contribution in [3.05, 3.63) is 46.0 Å². The smallest absolute Gasteiger partial charge is 0.435 e. The minimum atomic E-state index is -4.81. The summed E-state index contributed by atoms with van der Waals surface area (Å²) in [6.07, 6.45) is -3.47. The number of alkyl halides is 3. The molecule has 1 aromatic heterocycles. The van der Waals surface area contributed by atoms with E-state index in [9.17, 15) is 22.8 Å². The summed E-state index contributed by atoms with van der Waals surface area (Å²) in [4.78, 5) is 26.4. The van der Waals surface area contributed by atoms with Crippen molar-refractivity contribution in [1.29, 1.82) is 0 Å². The molecule has 2 rings (SSSR count). The van der Waals surface area contributed by atoms with Crippen molar-refractivity contribution in [3.63, 3.8) is 0 Å². The summed E-state index contributed by atoms with van der Waals surface area (Å²) in [5.41, 5.74) is 0.866. The molecular weight excluding hydrogens is 381 g/mol. The number of benzene rings is 1. The molecule has 0 atom stereocenters. The summed E-state index contributed by atoms with van der Waals surface area (Å²) in [6, 6.07) is 7.88. The van der Waals surface area contributed by atoms with Gasteiger partial charge in [-0.2, -0.15) is 13.2 Å². The Balaban J connectivity index is 1.98. The molecule has 0 saturated heterocycles. The number of rotatable bonds is 7. The maximum Gasteiger partial charge on any atom is 0.435 e. The molecule has 0 fully saturated rings. The standard InChI is InChI=1S/C18H19F3N2O3S/c1-3-26-16(25)14-15(18(19,20)21)23-17(27-14)22-13(24)6-4-5-12-9-7-11(2)8-10-12/h7-10H,3-6H2,1-2H3,(H,22,23,24). The van der Waals surface area contributed by atoms with Gasteiger partial charge in [0.1, 0.15) is 4.88 Å². The van der Waals surface area contributed by atoms with Crippen molar-refractivity contribution in [3.8, 4) is 0 Å². The fraction of sp³-hybridized carbons (Fsp3) is 0.389. The molecule has 1 N–H and O–H groups in total. The Morgan fingerprint density at radius 2 is 1.89 bits per heavy atom. The van der Waals surface area contributed by atoms with E-state index >= 15 is 0 Å². The molecule has 0 radical (unpaired) electrons. The zero-order valence-electron chi connectivity index (χ0n) is 14.9. The molecule has 0 aliphatic rings. The van der Waals surface area contributed by atoms with Crippen LogP contribution < -0.4 is 5.32 Å². The van der Waals surface area contributed by atoms with Crippen molar-refractivity contribution < 1.29 is 27.5 Å². The van der Waals surface area contributed by atoms with Gasteiger partial charge in [0, 0.05) is 6.42 Å². The predicted octanol–water partition coefficient (Wildman–Crippen LogP) is 4.61. The first-order chi connectivity index (χ1) is 12.7. The van der Waals surface area contributed by atoms with Crippen molar-refractivity contribution in [2.45, 2.75) is 39.3 Å². The van der Waals surface area contributed by atoms with Crippen molar-refractivity contribution >= 4 is 28.3 Å². The third kappa shape index (κ3) is 6.06. The molecule has 1 heterocycles. The van der Waals surface area contributed by atoms with E-state index in [0.717, 1.165) is 11.1 Å². The zero-order chi connectivity index (χ0) is 20.0. The number of anilines is 1. The van der Waals surface area contributed by atoms with Gasteiger partial charge < -0.3 is 10.1 Å². The summed E-state index contributed by atoms with van der Waals surface area (Å²) in [6.45, 7) is 3.41. The lowest BCUT2D eigenvalue weighted by Crippen LogP contribution is -2.14. The SMILES string of the molecule is CCOC(=O)c1sc(NC(=O)CCCc2ccc(C)cc2)nc1C(F)(F)F. The van der Waals surface area contributed by atoms with E-state index in [1.165, 1.54) is 6.92 Å². The monoisotopic (exact) mass is 400 g/mol. The van der Waals surface area contributed by atoms with Gasteiger partial charge in [0.05, 0.1) is 6.61 Å². The van der Waals surface area contributed by atoms with Crippen LogP contribution in [0.25, 0.3) is 0 Å². The average Bonchev–Trinajstić information content (AvgIpc) is 3.01. The number of amides is 1. The van der Waals surface area contributed by atoms with Gasteiger partial charge >= 0.3 is 12.1 Å². The van der Waals surface area contributed by atoms with Crippen LogP contribution in [0.3, 0.4) is 0 Å². The van der Waals surface area contributed by atoms with Gasteiger partial charge in [-0.05, 0) is 32.3 Å². The third-order valence-corrected chi connectivity index (χ3v) is 4.54. The maximum atomic E-state index is 13.0. The number of halogens is 3. The van der Waals surface area contributed by atoms with Gasteiger partial charge in [0.25, 0.3) is 0 Å². The van der Waals surface area contributed by atoms with Crippen LogP contribution in [-0.4, -0.2) is 23.5 Å². The first kappa shape index (κ1) is 20.9. The van der Waals surface area contributed by atoms with Gasteiger partial charge in [-0.3, -0.25) is 4.79 Å². The van der Waals surface area contributed by atoms with E-state index in [1.54, 1.807) is 0 Å². The van der Waals surface area contributed by atoms with Crippen LogP contribution in [0, 0.1) is 6.92 Å². The van der Waals surface area contributed by atoms with Gasteiger partial charge in [0.15, 0.2) is 10.8 Å². The molecule has 0 aliphatic heterocycles. The summed E-state index contributed by atoms with van der Waals surface area (Å²) >= 11 is 0.457. The Hall–Kier alpha value is -2.42. The number of esters is 1. The first-order valence-corrected chi connectivity index (χ1v) is 9.13. The lowest BCUT2D eigenvalue weighted by Gasteiger charge is -2.05. The largest absolute Gasteiger partial charge is 0.462 e. The van der Waals surface area contributed by atoms with Gasteiger partial charge in [-0.15, -0.1) is 0 Å². The second-order valence-corrected chi connectivity index (χ2v) is 6.80. The molecule has 146 valence electrons. The lowest BCUT2D eigenvalue weighted by atomic mass is 10.1. The summed E-state index contributed by atoms with van der Waals surface area (Å²) < 4.78 is 43.7. The molecule has 0 spiro atoms. The number of nitrogens with zero attached hydrogens (tertiary/aromatic N) is 1. The van der Waals surface area contributed by atoms with Crippen molar-refractivity contribution in [1.82, 2.24) is 4.98 Å². The second-order valence-electron chi connectivity index (χ2n) is 5.80. The molecule has 2 aromatic rings. The van der Waals surface area contributed by atoms with Crippen LogP contribution in [0.4, 0.5) is 18.3 Å². The Bertz CT molecular complexity index is 801. The van der Waals surface area contributed by atoms with Crippen LogP contribution in [0.2, 0.25) is 0 Å². The van der Waals surface area contributed by atoms with Crippen LogP contribution in [0.1, 0.15) is 46.3 Å². The number of aromatic nitrogens is 1. The van der Waals surface area contributed by atoms with Gasteiger partial charge in [-0.1, -0.05) is 41.2 Å². The molecule has 0 aliphatic carbocycles. The third-order valence-electron chi connectivity index (χ3n) is 3.59. The molecule has 1 amide bonds. The zero-order valence-corrected chi connectivity index (χ0v) is 15.7. The summed E-state index contributed by atoms with van der Waals surface area (Å²) in [5.74, 6) is -1.57. The average molecular weight is 400 g/mol. The highest BCUT2D eigenvalue weighted by molar-refractivity contribution is 7.17. The summed E-state index contributed by atoms with van der Waals surface area (Å²) in [5, 5.41) is 2.06. The van der Waals surface area contributed by atoms with E-state index in [4.69, 9.17) is 0 Å². The molecule has 27 heavy (non-hydrogen) atoms. The highest BCUT2D eigenvalue weighted by Gasteiger charge is 2.40. The van der Waals surface area contributed by atoms with E-state index in [-0.39, 0.29) is 18.2 Å². The van der Waals surface area contributed by atoms with Crippen LogP contribution >= 0.6 is 11.3 Å². The Morgan fingerprint density at radius 1 is 1.22 bits per heavy atom. The second kappa shape index (κ2) is 8.98. The van der Waals surface area contributed by atoms with E-state index in [1.807, 2.05) is 31.2 Å². The predicted molar refractivity (Wildman–Crippen MR) is 95.8 cm³/mol. The van der Waals surface area contributed by atoms with E-state index in [0.29, 0.717) is 24.2 Å². The minimum Gasteiger partial charge on any atom is -0.462 e. The Morgan fingerprint density at radius 3 is 2.48 bits per heavy atom. The first-order valence-electron chi connectivity index (χ1n) is 8.31. The molecular formula is C18H19F3N2O3S. The van der Waals surface area contributed by atoms with Crippen LogP contribution in [0.5, 0.6) is 0 Å². The Kier molecular flexibility index (Phi) is 6.95. The number of aryl methyl sites for hydroxylation is 2. The number of carbonyl (C=O) groups is 2. The fourth-order valence-electron chi connectivity index (χ4n) is 2.29. The number of carbonyl (C=O) groups excluding carboxylic acids is 2. The number of ether oxygens (including phenoxy) is 1. The fourth-order valence-corrected chi connectivity index (χ4v) is 3.19. The van der Waals surface area contributed by atoms with Crippen molar-refractivity contribution in [2.75, 3.05) is 11.9 Å². The minimum absolute atomic E-state index is 0.0608. The van der Waals surface area contributed by atoms with Crippen LogP contribution in [0.15, 0.2) is 24.3 Å².